The molecule has 2 unspecified atom stereocenters. The van der Waals surface area contributed by atoms with Crippen molar-refractivity contribution in [2.24, 2.45) is 5.92 Å². The number of hydrogen-bond acceptors (Lipinski definition) is 2. The summed E-state index contributed by atoms with van der Waals surface area (Å²) in [4.78, 5) is 2.56. The summed E-state index contributed by atoms with van der Waals surface area (Å²) in [5.74, 6) is 0.744. The number of hydrogen-bond donors (Lipinski definition) is 1. The summed E-state index contributed by atoms with van der Waals surface area (Å²) in [5.41, 5.74) is 1.20. The van der Waals surface area contributed by atoms with Crippen LogP contribution < -0.4 is 5.32 Å². The van der Waals surface area contributed by atoms with Gasteiger partial charge in [0.15, 0.2) is 0 Å². The highest BCUT2D eigenvalue weighted by molar-refractivity contribution is 6.31. The quantitative estimate of drug-likeness (QED) is 0.879. The van der Waals surface area contributed by atoms with E-state index in [0.29, 0.717) is 12.1 Å². The second-order valence-electron chi connectivity index (χ2n) is 5.99. The minimum absolute atomic E-state index is 0.302. The fraction of sp³-hybridized carbons (Fsp3) is 0.647. The van der Waals surface area contributed by atoms with Crippen LogP contribution in [0.1, 0.15) is 45.2 Å². The number of piperidine rings is 1. The van der Waals surface area contributed by atoms with Crippen LogP contribution in [0, 0.1) is 5.92 Å². The monoisotopic (exact) mass is 294 g/mol. The van der Waals surface area contributed by atoms with Gasteiger partial charge in [0.2, 0.25) is 0 Å². The maximum atomic E-state index is 6.29. The van der Waals surface area contributed by atoms with Crippen molar-refractivity contribution in [2.45, 2.75) is 45.7 Å². The molecule has 2 nitrogen and oxygen atoms in total. The van der Waals surface area contributed by atoms with Gasteiger partial charge in [0, 0.05) is 23.7 Å². The van der Waals surface area contributed by atoms with Crippen molar-refractivity contribution in [1.29, 1.82) is 0 Å². The van der Waals surface area contributed by atoms with Gasteiger partial charge in [-0.05, 0) is 57.3 Å². The van der Waals surface area contributed by atoms with Crippen molar-refractivity contribution < 1.29 is 0 Å². The molecule has 1 saturated heterocycles. The zero-order valence-electron chi connectivity index (χ0n) is 12.9. The van der Waals surface area contributed by atoms with E-state index in [4.69, 9.17) is 11.6 Å². The van der Waals surface area contributed by atoms with Crippen LogP contribution in [-0.2, 0) is 0 Å². The van der Waals surface area contributed by atoms with Crippen LogP contribution in [0.3, 0.4) is 0 Å². The van der Waals surface area contributed by atoms with Gasteiger partial charge in [-0.3, -0.25) is 0 Å². The molecule has 2 rings (SSSR count). The topological polar surface area (TPSA) is 15.3 Å². The lowest BCUT2D eigenvalue weighted by molar-refractivity contribution is 0.153. The normalized spacial score (nSPS) is 23.5. The highest BCUT2D eigenvalue weighted by Crippen LogP contribution is 2.25. The molecule has 3 atom stereocenters. The van der Waals surface area contributed by atoms with Crippen molar-refractivity contribution in [3.8, 4) is 0 Å². The van der Waals surface area contributed by atoms with Gasteiger partial charge in [-0.25, -0.2) is 0 Å². The molecule has 1 aromatic carbocycles. The van der Waals surface area contributed by atoms with Gasteiger partial charge in [-0.2, -0.15) is 0 Å². The van der Waals surface area contributed by atoms with Crippen LogP contribution in [0.5, 0.6) is 0 Å². The number of halogens is 1. The standard InChI is InChI=1S/C17H27ClN2/c1-4-20-11-7-8-15(12-20)13(2)19-14(3)16-9-5-6-10-17(16)18/h5-6,9-10,13-15,19H,4,7-8,11-12H2,1-3H3/t13?,14-,15?/m0/s1. The number of nitrogens with one attached hydrogen (secondary N) is 1. The predicted octanol–water partition coefficient (Wildman–Crippen LogP) is 4.11. The fourth-order valence-corrected chi connectivity index (χ4v) is 3.53. The Bertz CT molecular complexity index is 421. The maximum absolute atomic E-state index is 6.29. The fourth-order valence-electron chi connectivity index (χ4n) is 3.23. The van der Waals surface area contributed by atoms with E-state index in [9.17, 15) is 0 Å². The Kier molecular flexibility index (Phi) is 5.88. The molecule has 20 heavy (non-hydrogen) atoms. The molecule has 0 aromatic heterocycles. The van der Waals surface area contributed by atoms with E-state index in [2.05, 4.69) is 43.1 Å². The number of benzene rings is 1. The van der Waals surface area contributed by atoms with Crippen LogP contribution in [0.2, 0.25) is 5.02 Å². The van der Waals surface area contributed by atoms with Crippen LogP contribution in [-0.4, -0.2) is 30.6 Å². The molecule has 112 valence electrons. The number of likely N-dealkylation sites (tertiary alicyclic amines) is 1. The summed E-state index contributed by atoms with van der Waals surface area (Å²) in [7, 11) is 0. The number of rotatable bonds is 5. The second-order valence-corrected chi connectivity index (χ2v) is 6.40. The lowest BCUT2D eigenvalue weighted by atomic mass is 9.90. The molecule has 1 aliphatic rings. The SMILES string of the molecule is CCN1CCCC(C(C)N[C@@H](C)c2ccccc2Cl)C1. The summed E-state index contributed by atoms with van der Waals surface area (Å²) in [5, 5.41) is 4.60. The summed E-state index contributed by atoms with van der Waals surface area (Å²) < 4.78 is 0. The zero-order chi connectivity index (χ0) is 14.5. The molecule has 0 aliphatic carbocycles. The first-order valence-electron chi connectivity index (χ1n) is 7.84. The molecule has 0 saturated carbocycles. The molecule has 0 bridgehead atoms. The molecule has 1 heterocycles. The molecule has 0 spiro atoms. The van der Waals surface area contributed by atoms with Crippen LogP contribution in [0.15, 0.2) is 24.3 Å². The van der Waals surface area contributed by atoms with E-state index in [1.807, 2.05) is 12.1 Å². The lowest BCUT2D eigenvalue weighted by Crippen LogP contribution is -2.45. The largest absolute Gasteiger partial charge is 0.307 e. The van der Waals surface area contributed by atoms with Gasteiger partial charge in [-0.15, -0.1) is 0 Å². The smallest absolute Gasteiger partial charge is 0.0453 e. The Morgan fingerprint density at radius 3 is 2.80 bits per heavy atom. The maximum Gasteiger partial charge on any atom is 0.0453 e. The van der Waals surface area contributed by atoms with Crippen LogP contribution >= 0.6 is 11.6 Å². The summed E-state index contributed by atoms with van der Waals surface area (Å²) in [6, 6.07) is 8.96. The lowest BCUT2D eigenvalue weighted by Gasteiger charge is -2.36. The van der Waals surface area contributed by atoms with Crippen molar-refractivity contribution >= 4 is 11.6 Å². The van der Waals surface area contributed by atoms with Crippen LogP contribution in [0.25, 0.3) is 0 Å². The molecule has 0 amide bonds. The predicted molar refractivity (Wildman–Crippen MR) is 87.3 cm³/mol. The van der Waals surface area contributed by atoms with E-state index in [1.54, 1.807) is 0 Å². The molecule has 1 aliphatic heterocycles. The van der Waals surface area contributed by atoms with E-state index in [0.717, 1.165) is 10.9 Å². The first kappa shape index (κ1) is 15.8. The Balaban J connectivity index is 1.93. The van der Waals surface area contributed by atoms with E-state index in [-0.39, 0.29) is 0 Å². The summed E-state index contributed by atoms with van der Waals surface area (Å²) >= 11 is 6.29. The van der Waals surface area contributed by atoms with E-state index in [1.165, 1.54) is 38.0 Å². The minimum atomic E-state index is 0.302. The van der Waals surface area contributed by atoms with Gasteiger partial charge in [0.25, 0.3) is 0 Å². The van der Waals surface area contributed by atoms with Gasteiger partial charge in [-0.1, -0.05) is 36.7 Å². The molecule has 1 aromatic rings. The van der Waals surface area contributed by atoms with Crippen molar-refractivity contribution in [2.75, 3.05) is 19.6 Å². The van der Waals surface area contributed by atoms with Crippen LogP contribution in [0.4, 0.5) is 0 Å². The highest BCUT2D eigenvalue weighted by Gasteiger charge is 2.25. The molecule has 3 heteroatoms. The Morgan fingerprint density at radius 2 is 2.10 bits per heavy atom. The van der Waals surface area contributed by atoms with E-state index < -0.39 is 0 Å². The number of nitrogens with zero attached hydrogens (tertiary/aromatic N) is 1. The van der Waals surface area contributed by atoms with Gasteiger partial charge < -0.3 is 10.2 Å². The average Bonchev–Trinajstić information content (AvgIpc) is 2.47. The Hall–Kier alpha value is -0.570. The molecule has 1 fully saturated rings. The zero-order valence-corrected chi connectivity index (χ0v) is 13.7. The third kappa shape index (κ3) is 3.97. The first-order chi connectivity index (χ1) is 9.61. The van der Waals surface area contributed by atoms with Crippen molar-refractivity contribution in [3.63, 3.8) is 0 Å². The van der Waals surface area contributed by atoms with Crippen molar-refractivity contribution in [1.82, 2.24) is 10.2 Å². The minimum Gasteiger partial charge on any atom is -0.307 e. The average molecular weight is 295 g/mol. The summed E-state index contributed by atoms with van der Waals surface area (Å²) in [6.07, 6.45) is 2.66. The van der Waals surface area contributed by atoms with E-state index >= 15 is 0 Å². The van der Waals surface area contributed by atoms with Crippen molar-refractivity contribution in [3.05, 3.63) is 34.9 Å². The summed E-state index contributed by atoms with van der Waals surface area (Å²) in [6.45, 7) is 10.4. The Labute approximate surface area is 128 Å². The van der Waals surface area contributed by atoms with Gasteiger partial charge >= 0.3 is 0 Å². The van der Waals surface area contributed by atoms with Gasteiger partial charge in [0.05, 0.1) is 0 Å². The third-order valence-electron chi connectivity index (χ3n) is 4.58. The Morgan fingerprint density at radius 1 is 1.35 bits per heavy atom. The molecule has 1 N–H and O–H groups in total. The first-order valence-corrected chi connectivity index (χ1v) is 8.22. The molecule has 0 radical (unpaired) electrons. The molecular weight excluding hydrogens is 268 g/mol. The second kappa shape index (κ2) is 7.44. The van der Waals surface area contributed by atoms with Gasteiger partial charge in [0.1, 0.15) is 0 Å². The third-order valence-corrected chi connectivity index (χ3v) is 4.93. The molecular formula is C17H27ClN2. The highest BCUT2D eigenvalue weighted by atomic mass is 35.5.